The van der Waals surface area contributed by atoms with Crippen LogP contribution in [0.5, 0.6) is 0 Å². The lowest BCUT2D eigenvalue weighted by Crippen LogP contribution is -2.33. The predicted octanol–water partition coefficient (Wildman–Crippen LogP) is 0.0714. The van der Waals surface area contributed by atoms with Crippen molar-refractivity contribution in [3.8, 4) is 0 Å². The Labute approximate surface area is 89.7 Å². The minimum absolute atomic E-state index is 0.00477. The van der Waals surface area contributed by atoms with Crippen molar-refractivity contribution in [2.24, 2.45) is 16.1 Å². The van der Waals surface area contributed by atoms with E-state index >= 15 is 0 Å². The Morgan fingerprint density at radius 3 is 2.69 bits per heavy atom. The van der Waals surface area contributed by atoms with Crippen LogP contribution in [0.25, 0.3) is 0 Å². The van der Waals surface area contributed by atoms with Crippen molar-refractivity contribution >= 4 is 5.96 Å². The maximum absolute atomic E-state index is 10.4. The summed E-state index contributed by atoms with van der Waals surface area (Å²) in [4.78, 5) is 24.2. The minimum atomic E-state index is -1.000. The third-order valence-corrected chi connectivity index (χ3v) is 1.63. The second-order valence-electron chi connectivity index (χ2n) is 2.69. The van der Waals surface area contributed by atoms with Gasteiger partial charge in [0.25, 0.3) is 5.96 Å². The second kappa shape index (κ2) is 5.34. The van der Waals surface area contributed by atoms with Gasteiger partial charge in [0.05, 0.1) is 11.8 Å². The van der Waals surface area contributed by atoms with E-state index in [4.69, 9.17) is 5.73 Å². The number of hydrogen-bond acceptors (Lipinski definition) is 5. The van der Waals surface area contributed by atoms with Gasteiger partial charge in [-0.15, -0.1) is 4.91 Å². The summed E-state index contributed by atoms with van der Waals surface area (Å²) in [7, 11) is 0. The van der Waals surface area contributed by atoms with Gasteiger partial charge in [-0.25, -0.2) is 10.1 Å². The molecule has 1 aromatic heterocycles. The third-order valence-electron chi connectivity index (χ3n) is 1.63. The highest BCUT2D eigenvalue weighted by molar-refractivity contribution is 5.76. The number of aromatic nitrogens is 1. The molecule has 9 heteroatoms. The summed E-state index contributed by atoms with van der Waals surface area (Å²) in [5.41, 5.74) is 5.88. The first-order valence-corrected chi connectivity index (χ1v) is 4.11. The van der Waals surface area contributed by atoms with Crippen LogP contribution in [0, 0.1) is 15.0 Å². The minimum Gasteiger partial charge on any atom is -0.363 e. The van der Waals surface area contributed by atoms with Crippen LogP contribution in [0.2, 0.25) is 0 Å². The molecule has 16 heavy (non-hydrogen) atoms. The van der Waals surface area contributed by atoms with E-state index in [-0.39, 0.29) is 6.54 Å². The van der Waals surface area contributed by atoms with Crippen LogP contribution in [0.1, 0.15) is 5.56 Å². The zero-order chi connectivity index (χ0) is 12.0. The van der Waals surface area contributed by atoms with Crippen molar-refractivity contribution in [1.29, 1.82) is 0 Å². The van der Waals surface area contributed by atoms with Gasteiger partial charge in [-0.3, -0.25) is 4.98 Å². The number of guanidine groups is 1. The zero-order valence-electron chi connectivity index (χ0n) is 8.05. The van der Waals surface area contributed by atoms with Crippen LogP contribution in [0.4, 0.5) is 0 Å². The first kappa shape index (κ1) is 11.5. The van der Waals surface area contributed by atoms with Gasteiger partial charge in [0.1, 0.15) is 5.10 Å². The van der Waals surface area contributed by atoms with Gasteiger partial charge in [-0.2, -0.15) is 5.01 Å². The molecule has 0 spiro atoms. The highest BCUT2D eigenvalue weighted by Crippen LogP contribution is 2.03. The molecule has 0 saturated carbocycles. The van der Waals surface area contributed by atoms with Crippen molar-refractivity contribution in [2.45, 2.75) is 6.54 Å². The third kappa shape index (κ3) is 3.29. The van der Waals surface area contributed by atoms with E-state index in [1.54, 1.807) is 12.1 Å². The van der Waals surface area contributed by atoms with E-state index in [0.29, 0.717) is 10.6 Å². The van der Waals surface area contributed by atoms with Crippen molar-refractivity contribution < 1.29 is 5.03 Å². The molecule has 1 aromatic rings. The van der Waals surface area contributed by atoms with Crippen LogP contribution >= 0.6 is 0 Å². The summed E-state index contributed by atoms with van der Waals surface area (Å²) >= 11 is 0. The van der Waals surface area contributed by atoms with Crippen LogP contribution in [-0.2, 0) is 6.54 Å². The molecule has 0 saturated heterocycles. The van der Waals surface area contributed by atoms with E-state index < -0.39 is 11.0 Å². The number of hydrogen-bond donors (Lipinski definition) is 1. The number of nitrogens with two attached hydrogens (primary N) is 1. The number of rotatable bonds is 4. The Bertz CT molecular complexity index is 406. The van der Waals surface area contributed by atoms with Crippen molar-refractivity contribution in [3.05, 3.63) is 45.1 Å². The Kier molecular flexibility index (Phi) is 3.83. The van der Waals surface area contributed by atoms with Crippen molar-refractivity contribution in [2.75, 3.05) is 0 Å². The molecule has 0 amide bonds. The summed E-state index contributed by atoms with van der Waals surface area (Å²) in [6, 6.07) is 3.25. The fourth-order valence-electron chi connectivity index (χ4n) is 0.948. The summed E-state index contributed by atoms with van der Waals surface area (Å²) in [6.45, 7) is -0.00477. The summed E-state index contributed by atoms with van der Waals surface area (Å²) in [5.74, 6) is -0.572. The molecule has 84 valence electrons. The highest BCUT2D eigenvalue weighted by atomic mass is 16.7. The van der Waals surface area contributed by atoms with E-state index in [9.17, 15) is 15.0 Å². The molecular weight excluding hydrogens is 216 g/mol. The molecular formula is C7H8N6O3. The van der Waals surface area contributed by atoms with E-state index in [1.807, 2.05) is 0 Å². The van der Waals surface area contributed by atoms with Crippen LogP contribution in [0.15, 0.2) is 34.9 Å². The second-order valence-corrected chi connectivity index (χ2v) is 2.69. The summed E-state index contributed by atoms with van der Waals surface area (Å²) < 4.78 is 0. The largest absolute Gasteiger partial charge is 0.363 e. The van der Waals surface area contributed by atoms with Gasteiger partial charge in [0, 0.05) is 12.4 Å². The molecule has 9 nitrogen and oxygen atoms in total. The topological polar surface area (TPSA) is 127 Å². The Morgan fingerprint density at radius 2 is 2.19 bits per heavy atom. The average Bonchev–Trinajstić information content (AvgIpc) is 2.26. The SMILES string of the molecule is N/C(=N/[N+](=O)[O-])N(Cc1ccncc1)N=O. The molecule has 0 aliphatic heterocycles. The lowest BCUT2D eigenvalue weighted by molar-refractivity contribution is -0.485. The number of nitro groups is 1. The quantitative estimate of drug-likeness (QED) is 0.253. The molecule has 0 aromatic carbocycles. The van der Waals surface area contributed by atoms with E-state index in [1.165, 1.54) is 12.4 Å². The van der Waals surface area contributed by atoms with E-state index in [0.717, 1.165) is 0 Å². The van der Waals surface area contributed by atoms with Gasteiger partial charge >= 0.3 is 0 Å². The molecule has 2 N–H and O–H groups in total. The van der Waals surface area contributed by atoms with Crippen LogP contribution in [-0.4, -0.2) is 21.0 Å². The molecule has 0 fully saturated rings. The van der Waals surface area contributed by atoms with Crippen LogP contribution in [0.3, 0.4) is 0 Å². The van der Waals surface area contributed by atoms with Gasteiger partial charge in [-0.1, -0.05) is 0 Å². The molecule has 1 heterocycles. The maximum Gasteiger partial charge on any atom is 0.292 e. The number of nitroso groups, excluding NO2 is 1. The lowest BCUT2D eigenvalue weighted by Gasteiger charge is -2.10. The van der Waals surface area contributed by atoms with Gasteiger partial charge in [-0.05, 0) is 17.7 Å². The zero-order valence-corrected chi connectivity index (χ0v) is 8.05. The molecule has 0 unspecified atom stereocenters. The number of hydrazone groups is 1. The lowest BCUT2D eigenvalue weighted by atomic mass is 10.3. The Morgan fingerprint density at radius 1 is 1.56 bits per heavy atom. The van der Waals surface area contributed by atoms with Gasteiger partial charge < -0.3 is 5.73 Å². The summed E-state index contributed by atoms with van der Waals surface area (Å²) in [6.07, 6.45) is 3.03. The standard InChI is InChI=1S/C7H8N6O3/c8-7(10-13(15)16)12(11-14)5-6-1-3-9-4-2-6/h1-4H,5H2,(H2,8,10). The maximum atomic E-state index is 10.4. The smallest absolute Gasteiger partial charge is 0.292 e. The van der Waals surface area contributed by atoms with Gasteiger partial charge in [0.15, 0.2) is 5.03 Å². The predicted molar refractivity (Wildman–Crippen MR) is 54.2 cm³/mol. The molecule has 0 aliphatic rings. The molecule has 1 rings (SSSR count). The van der Waals surface area contributed by atoms with Gasteiger partial charge in [0.2, 0.25) is 0 Å². The molecule has 0 atom stereocenters. The fourth-order valence-corrected chi connectivity index (χ4v) is 0.948. The molecule has 0 bridgehead atoms. The monoisotopic (exact) mass is 224 g/mol. The normalized spacial score (nSPS) is 10.9. The Hall–Kier alpha value is -2.58. The number of pyridine rings is 1. The van der Waals surface area contributed by atoms with Crippen molar-refractivity contribution in [1.82, 2.24) is 9.99 Å². The first-order valence-electron chi connectivity index (χ1n) is 4.11. The first-order chi connectivity index (χ1) is 7.63. The van der Waals surface area contributed by atoms with E-state index in [2.05, 4.69) is 15.4 Å². The fraction of sp³-hybridized carbons (Fsp3) is 0.143. The average molecular weight is 224 g/mol. The molecule has 0 radical (unpaired) electrons. The van der Waals surface area contributed by atoms with Crippen molar-refractivity contribution in [3.63, 3.8) is 0 Å². The van der Waals surface area contributed by atoms with Crippen LogP contribution < -0.4 is 5.73 Å². The number of nitrogens with zero attached hydrogens (tertiary/aromatic N) is 5. The molecule has 0 aliphatic carbocycles. The highest BCUT2D eigenvalue weighted by Gasteiger charge is 2.12. The Balaban J connectivity index is 2.77. The summed E-state index contributed by atoms with van der Waals surface area (Å²) in [5, 5.41) is 15.0.